The molecule has 3 nitrogen and oxygen atoms in total. The summed E-state index contributed by atoms with van der Waals surface area (Å²) in [5.74, 6) is 1.36. The number of nitrogens with one attached hydrogen (secondary N) is 2. The third-order valence-electron chi connectivity index (χ3n) is 3.54. The van der Waals surface area contributed by atoms with Crippen LogP contribution in [0.2, 0.25) is 0 Å². The molecular weight excluding hydrogens is 278 g/mol. The molecule has 1 atom stereocenters. The quantitative estimate of drug-likeness (QED) is 0.632. The highest BCUT2D eigenvalue weighted by atomic mass is 32.1. The molecule has 1 aromatic heterocycles. The fraction of sp³-hybridized carbons (Fsp3) is 0.353. The Kier molecular flexibility index (Phi) is 6.28. The van der Waals surface area contributed by atoms with E-state index < -0.39 is 0 Å². The van der Waals surface area contributed by atoms with Crippen LogP contribution in [0.4, 0.5) is 0 Å². The number of benzene rings is 1. The lowest BCUT2D eigenvalue weighted by Crippen LogP contribution is -2.38. The number of guanidine groups is 1. The average Bonchev–Trinajstić information content (AvgIpc) is 3.05. The van der Waals surface area contributed by atoms with Crippen LogP contribution in [-0.4, -0.2) is 19.6 Å². The van der Waals surface area contributed by atoms with Crippen LogP contribution < -0.4 is 10.6 Å². The zero-order valence-electron chi connectivity index (χ0n) is 12.7. The van der Waals surface area contributed by atoms with Gasteiger partial charge in [-0.2, -0.15) is 11.3 Å². The summed E-state index contributed by atoms with van der Waals surface area (Å²) >= 11 is 1.72. The maximum absolute atomic E-state index is 4.29. The second-order valence-corrected chi connectivity index (χ2v) is 5.73. The van der Waals surface area contributed by atoms with Crippen LogP contribution in [0.3, 0.4) is 0 Å². The van der Waals surface area contributed by atoms with Gasteiger partial charge in [-0.15, -0.1) is 0 Å². The number of nitrogens with zero attached hydrogens (tertiary/aromatic N) is 1. The van der Waals surface area contributed by atoms with Crippen LogP contribution in [0.15, 0.2) is 52.2 Å². The molecule has 0 aliphatic carbocycles. The fourth-order valence-electron chi connectivity index (χ4n) is 2.24. The van der Waals surface area contributed by atoms with Gasteiger partial charge in [-0.1, -0.05) is 37.3 Å². The third kappa shape index (κ3) is 4.90. The lowest BCUT2D eigenvalue weighted by Gasteiger charge is -2.18. The molecule has 0 fully saturated rings. The molecule has 4 heteroatoms. The van der Waals surface area contributed by atoms with E-state index in [9.17, 15) is 0 Å². The molecular formula is C17H23N3S. The molecule has 1 aromatic carbocycles. The molecule has 0 saturated carbocycles. The summed E-state index contributed by atoms with van der Waals surface area (Å²) in [7, 11) is 1.81. The highest BCUT2D eigenvalue weighted by Crippen LogP contribution is 2.17. The minimum Gasteiger partial charge on any atom is -0.356 e. The average molecular weight is 301 g/mol. The van der Waals surface area contributed by atoms with Crippen LogP contribution in [0.25, 0.3) is 0 Å². The topological polar surface area (TPSA) is 36.4 Å². The number of rotatable bonds is 6. The SMILES string of the molecule is CCC(CNC(=NC)NCc1ccsc1)c1ccccc1. The van der Waals surface area contributed by atoms with Gasteiger partial charge in [0.1, 0.15) is 0 Å². The smallest absolute Gasteiger partial charge is 0.191 e. The summed E-state index contributed by atoms with van der Waals surface area (Å²) in [6.07, 6.45) is 1.11. The normalized spacial score (nSPS) is 13.0. The van der Waals surface area contributed by atoms with Crippen LogP contribution in [0.1, 0.15) is 30.4 Å². The molecule has 0 saturated heterocycles. The highest BCUT2D eigenvalue weighted by molar-refractivity contribution is 7.07. The second kappa shape index (κ2) is 8.47. The minimum absolute atomic E-state index is 0.505. The molecule has 0 aliphatic rings. The summed E-state index contributed by atoms with van der Waals surface area (Å²) in [6, 6.07) is 12.8. The molecule has 0 spiro atoms. The van der Waals surface area contributed by atoms with Crippen LogP contribution in [0, 0.1) is 0 Å². The van der Waals surface area contributed by atoms with Gasteiger partial charge < -0.3 is 10.6 Å². The van der Waals surface area contributed by atoms with Crippen molar-refractivity contribution in [3.8, 4) is 0 Å². The van der Waals surface area contributed by atoms with Crippen LogP contribution >= 0.6 is 11.3 Å². The second-order valence-electron chi connectivity index (χ2n) is 4.95. The predicted molar refractivity (Wildman–Crippen MR) is 92.0 cm³/mol. The van der Waals surface area contributed by atoms with Gasteiger partial charge in [0.25, 0.3) is 0 Å². The van der Waals surface area contributed by atoms with E-state index in [1.165, 1.54) is 11.1 Å². The van der Waals surface area contributed by atoms with Gasteiger partial charge in [0.15, 0.2) is 5.96 Å². The van der Waals surface area contributed by atoms with Gasteiger partial charge in [0, 0.05) is 26.1 Å². The Hall–Kier alpha value is -1.81. The summed E-state index contributed by atoms with van der Waals surface area (Å²) < 4.78 is 0. The Balaban J connectivity index is 1.84. The van der Waals surface area contributed by atoms with Gasteiger partial charge in [-0.3, -0.25) is 4.99 Å². The highest BCUT2D eigenvalue weighted by Gasteiger charge is 2.09. The number of thiophene rings is 1. The van der Waals surface area contributed by atoms with Crippen molar-refractivity contribution in [1.29, 1.82) is 0 Å². The van der Waals surface area contributed by atoms with Gasteiger partial charge in [0.2, 0.25) is 0 Å². The first kappa shape index (κ1) is 15.6. The number of hydrogen-bond acceptors (Lipinski definition) is 2. The zero-order valence-corrected chi connectivity index (χ0v) is 13.5. The summed E-state index contributed by atoms with van der Waals surface area (Å²) in [5, 5.41) is 11.0. The molecule has 2 N–H and O–H groups in total. The number of hydrogen-bond donors (Lipinski definition) is 2. The van der Waals surface area contributed by atoms with Crippen molar-refractivity contribution >= 4 is 17.3 Å². The predicted octanol–water partition coefficient (Wildman–Crippen LogP) is 3.61. The third-order valence-corrected chi connectivity index (χ3v) is 4.28. The lowest BCUT2D eigenvalue weighted by molar-refractivity contribution is 0.630. The van der Waals surface area contributed by atoms with Crippen molar-refractivity contribution in [2.45, 2.75) is 25.8 Å². The lowest BCUT2D eigenvalue weighted by atomic mass is 9.97. The molecule has 1 heterocycles. The van der Waals surface area contributed by atoms with Crippen molar-refractivity contribution in [2.24, 2.45) is 4.99 Å². The Morgan fingerprint density at radius 2 is 2.00 bits per heavy atom. The van der Waals surface area contributed by atoms with E-state index in [0.717, 1.165) is 25.5 Å². The molecule has 112 valence electrons. The Morgan fingerprint density at radius 3 is 2.62 bits per heavy atom. The molecule has 2 rings (SSSR count). The molecule has 0 aliphatic heterocycles. The number of aliphatic imine (C=N–C) groups is 1. The zero-order chi connectivity index (χ0) is 14.9. The summed E-state index contributed by atoms with van der Waals surface area (Å²) in [6.45, 7) is 3.93. The Bertz CT molecular complexity index is 534. The van der Waals surface area contributed by atoms with E-state index in [1.54, 1.807) is 11.3 Å². The Morgan fingerprint density at radius 1 is 1.19 bits per heavy atom. The van der Waals surface area contributed by atoms with Crippen molar-refractivity contribution in [3.05, 3.63) is 58.3 Å². The molecule has 0 radical (unpaired) electrons. The standard InChI is InChI=1S/C17H23N3S/c1-3-15(16-7-5-4-6-8-16)12-20-17(18-2)19-11-14-9-10-21-13-14/h4-10,13,15H,3,11-12H2,1-2H3,(H2,18,19,20). The molecule has 21 heavy (non-hydrogen) atoms. The van der Waals surface area contributed by atoms with E-state index in [0.29, 0.717) is 5.92 Å². The molecule has 1 unspecified atom stereocenters. The maximum atomic E-state index is 4.29. The summed E-state index contributed by atoms with van der Waals surface area (Å²) in [4.78, 5) is 4.29. The van der Waals surface area contributed by atoms with E-state index in [2.05, 4.69) is 69.7 Å². The van der Waals surface area contributed by atoms with E-state index in [4.69, 9.17) is 0 Å². The largest absolute Gasteiger partial charge is 0.356 e. The minimum atomic E-state index is 0.505. The molecule has 2 aromatic rings. The fourth-order valence-corrected chi connectivity index (χ4v) is 2.91. The first-order valence-corrected chi connectivity index (χ1v) is 8.28. The molecule has 0 amide bonds. The van der Waals surface area contributed by atoms with Gasteiger partial charge in [-0.05, 0) is 34.4 Å². The van der Waals surface area contributed by atoms with Crippen molar-refractivity contribution in [3.63, 3.8) is 0 Å². The van der Waals surface area contributed by atoms with Crippen LogP contribution in [0.5, 0.6) is 0 Å². The van der Waals surface area contributed by atoms with Crippen LogP contribution in [-0.2, 0) is 6.54 Å². The Labute approximate surface area is 131 Å². The van der Waals surface area contributed by atoms with Gasteiger partial charge >= 0.3 is 0 Å². The molecule has 0 bridgehead atoms. The summed E-state index contributed by atoms with van der Waals surface area (Å²) in [5.41, 5.74) is 2.67. The van der Waals surface area contributed by atoms with Crippen molar-refractivity contribution in [2.75, 3.05) is 13.6 Å². The maximum Gasteiger partial charge on any atom is 0.191 e. The van der Waals surface area contributed by atoms with Crippen molar-refractivity contribution < 1.29 is 0 Å². The van der Waals surface area contributed by atoms with Gasteiger partial charge in [-0.25, -0.2) is 0 Å². The van der Waals surface area contributed by atoms with Crippen molar-refractivity contribution in [1.82, 2.24) is 10.6 Å². The first-order chi connectivity index (χ1) is 10.3. The first-order valence-electron chi connectivity index (χ1n) is 7.34. The van der Waals surface area contributed by atoms with E-state index in [1.807, 2.05) is 7.05 Å². The monoisotopic (exact) mass is 301 g/mol. The van der Waals surface area contributed by atoms with E-state index in [-0.39, 0.29) is 0 Å². The van der Waals surface area contributed by atoms with E-state index >= 15 is 0 Å². The van der Waals surface area contributed by atoms with Gasteiger partial charge in [0.05, 0.1) is 0 Å².